The van der Waals surface area contributed by atoms with Crippen LogP contribution in [-0.2, 0) is 0 Å². The number of rotatable bonds is 4. The zero-order valence-electron chi connectivity index (χ0n) is 11.2. The summed E-state index contributed by atoms with van der Waals surface area (Å²) >= 11 is 5.40. The van der Waals surface area contributed by atoms with E-state index in [1.165, 1.54) is 34.5 Å². The number of halogens is 1. The molecule has 0 spiro atoms. The van der Waals surface area contributed by atoms with Gasteiger partial charge < -0.3 is 5.73 Å². The van der Waals surface area contributed by atoms with Crippen molar-refractivity contribution < 1.29 is 0 Å². The second-order valence-corrected chi connectivity index (χ2v) is 7.74. The number of hydrogen-bond acceptors (Lipinski definition) is 3. The van der Waals surface area contributed by atoms with Gasteiger partial charge in [-0.25, -0.2) is 0 Å². The first-order chi connectivity index (χ1) is 8.65. The van der Waals surface area contributed by atoms with Crippen LogP contribution in [0.2, 0.25) is 0 Å². The SMILES string of the molecule is CCC1CCN(C(C)c2ccc(Br)s2)C(CN)C1. The minimum absolute atomic E-state index is 0.493. The van der Waals surface area contributed by atoms with Crippen molar-refractivity contribution in [3.8, 4) is 0 Å². The van der Waals surface area contributed by atoms with Gasteiger partial charge in [0.1, 0.15) is 0 Å². The van der Waals surface area contributed by atoms with Crippen LogP contribution >= 0.6 is 27.3 Å². The van der Waals surface area contributed by atoms with Crippen molar-refractivity contribution in [2.45, 2.75) is 45.2 Å². The Morgan fingerprint density at radius 3 is 2.89 bits per heavy atom. The van der Waals surface area contributed by atoms with Gasteiger partial charge in [0.15, 0.2) is 0 Å². The average Bonchev–Trinajstić information content (AvgIpc) is 2.83. The van der Waals surface area contributed by atoms with Gasteiger partial charge in [-0.1, -0.05) is 13.3 Å². The van der Waals surface area contributed by atoms with Gasteiger partial charge in [0.25, 0.3) is 0 Å². The maximum absolute atomic E-state index is 5.98. The normalized spacial score (nSPS) is 27.3. The van der Waals surface area contributed by atoms with Gasteiger partial charge in [-0.3, -0.25) is 4.90 Å². The second kappa shape index (κ2) is 6.51. The van der Waals surface area contributed by atoms with Crippen molar-refractivity contribution in [2.75, 3.05) is 13.1 Å². The molecule has 2 N–H and O–H groups in total. The first-order valence-electron chi connectivity index (χ1n) is 6.86. The van der Waals surface area contributed by atoms with Crippen molar-refractivity contribution in [1.82, 2.24) is 4.90 Å². The van der Waals surface area contributed by atoms with Crippen molar-refractivity contribution in [3.05, 3.63) is 20.8 Å². The average molecular weight is 331 g/mol. The van der Waals surface area contributed by atoms with E-state index in [0.29, 0.717) is 12.1 Å². The Balaban J connectivity index is 2.07. The summed E-state index contributed by atoms with van der Waals surface area (Å²) in [6.07, 6.45) is 3.89. The van der Waals surface area contributed by atoms with Gasteiger partial charge in [-0.15, -0.1) is 11.3 Å². The largest absolute Gasteiger partial charge is 0.329 e. The summed E-state index contributed by atoms with van der Waals surface area (Å²) in [7, 11) is 0. The van der Waals surface area contributed by atoms with Gasteiger partial charge in [0.05, 0.1) is 3.79 Å². The lowest BCUT2D eigenvalue weighted by atomic mass is 9.88. The summed E-state index contributed by atoms with van der Waals surface area (Å²) in [5.41, 5.74) is 5.98. The smallest absolute Gasteiger partial charge is 0.0701 e. The molecule has 0 bridgehead atoms. The summed E-state index contributed by atoms with van der Waals surface area (Å²) in [4.78, 5) is 4.04. The third-order valence-electron chi connectivity index (χ3n) is 4.22. The zero-order chi connectivity index (χ0) is 13.1. The predicted octanol–water partition coefficient (Wildman–Crippen LogP) is 4.02. The van der Waals surface area contributed by atoms with Crippen LogP contribution in [0.25, 0.3) is 0 Å². The first-order valence-corrected chi connectivity index (χ1v) is 8.47. The maximum atomic E-state index is 5.98. The molecule has 1 aliphatic heterocycles. The molecular weight excluding hydrogens is 308 g/mol. The Bertz CT molecular complexity index is 380. The van der Waals surface area contributed by atoms with Crippen LogP contribution in [0.5, 0.6) is 0 Å². The van der Waals surface area contributed by atoms with Gasteiger partial charge in [0.2, 0.25) is 0 Å². The Morgan fingerprint density at radius 1 is 1.56 bits per heavy atom. The number of likely N-dealkylation sites (tertiary alicyclic amines) is 1. The number of thiophene rings is 1. The molecule has 0 aromatic carbocycles. The lowest BCUT2D eigenvalue weighted by Gasteiger charge is -2.42. The highest BCUT2D eigenvalue weighted by Crippen LogP contribution is 2.35. The fraction of sp³-hybridized carbons (Fsp3) is 0.714. The van der Waals surface area contributed by atoms with Gasteiger partial charge in [0, 0.05) is 23.5 Å². The van der Waals surface area contributed by atoms with Gasteiger partial charge in [-0.2, -0.15) is 0 Å². The molecule has 1 saturated heterocycles. The number of hydrogen-bond donors (Lipinski definition) is 1. The Kier molecular flexibility index (Phi) is 5.24. The molecule has 1 aromatic rings. The predicted molar refractivity (Wildman–Crippen MR) is 83.0 cm³/mol. The van der Waals surface area contributed by atoms with E-state index >= 15 is 0 Å². The molecule has 1 fully saturated rings. The van der Waals surface area contributed by atoms with Crippen LogP contribution in [-0.4, -0.2) is 24.0 Å². The van der Waals surface area contributed by atoms with Crippen molar-refractivity contribution in [1.29, 1.82) is 0 Å². The first kappa shape index (κ1) is 14.5. The second-order valence-electron chi connectivity index (χ2n) is 5.24. The van der Waals surface area contributed by atoms with E-state index in [1.807, 2.05) is 11.3 Å². The minimum Gasteiger partial charge on any atom is -0.329 e. The van der Waals surface area contributed by atoms with Crippen molar-refractivity contribution >= 4 is 27.3 Å². The van der Waals surface area contributed by atoms with Crippen LogP contribution in [0.4, 0.5) is 0 Å². The van der Waals surface area contributed by atoms with Crippen LogP contribution in [0.3, 0.4) is 0 Å². The van der Waals surface area contributed by atoms with E-state index in [-0.39, 0.29) is 0 Å². The van der Waals surface area contributed by atoms with E-state index in [9.17, 15) is 0 Å². The van der Waals surface area contributed by atoms with E-state index < -0.39 is 0 Å². The summed E-state index contributed by atoms with van der Waals surface area (Å²) in [5.74, 6) is 0.872. The van der Waals surface area contributed by atoms with E-state index in [1.54, 1.807) is 0 Å². The minimum atomic E-state index is 0.493. The van der Waals surface area contributed by atoms with Gasteiger partial charge in [-0.05, 0) is 60.3 Å². The van der Waals surface area contributed by atoms with Crippen LogP contribution in [0.1, 0.15) is 44.0 Å². The highest BCUT2D eigenvalue weighted by molar-refractivity contribution is 9.11. The third-order valence-corrected chi connectivity index (χ3v) is 6.02. The molecule has 102 valence electrons. The quantitative estimate of drug-likeness (QED) is 0.903. The molecular formula is C14H23BrN2S. The summed E-state index contributed by atoms with van der Waals surface area (Å²) in [6, 6.07) is 5.43. The van der Waals surface area contributed by atoms with E-state index in [2.05, 4.69) is 46.8 Å². The molecule has 2 nitrogen and oxygen atoms in total. The number of nitrogens with zero attached hydrogens (tertiary/aromatic N) is 1. The zero-order valence-corrected chi connectivity index (χ0v) is 13.6. The molecule has 1 aromatic heterocycles. The van der Waals surface area contributed by atoms with Gasteiger partial charge >= 0.3 is 0 Å². The molecule has 4 heteroatoms. The van der Waals surface area contributed by atoms with Crippen LogP contribution < -0.4 is 5.73 Å². The molecule has 2 rings (SSSR count). The molecule has 3 atom stereocenters. The van der Waals surface area contributed by atoms with Crippen molar-refractivity contribution in [2.24, 2.45) is 11.7 Å². The Labute approximate surface area is 123 Å². The Hall–Kier alpha value is 0.1000. The van der Waals surface area contributed by atoms with Crippen LogP contribution in [0, 0.1) is 5.92 Å². The molecule has 2 heterocycles. The number of piperidine rings is 1. The molecule has 18 heavy (non-hydrogen) atoms. The lowest BCUT2D eigenvalue weighted by Crippen LogP contribution is -2.47. The van der Waals surface area contributed by atoms with E-state index in [0.717, 1.165) is 12.5 Å². The highest BCUT2D eigenvalue weighted by atomic mass is 79.9. The van der Waals surface area contributed by atoms with Crippen molar-refractivity contribution in [3.63, 3.8) is 0 Å². The summed E-state index contributed by atoms with van der Waals surface area (Å²) in [6.45, 7) is 6.59. The monoisotopic (exact) mass is 330 g/mol. The fourth-order valence-electron chi connectivity index (χ4n) is 2.98. The van der Waals surface area contributed by atoms with E-state index in [4.69, 9.17) is 5.73 Å². The molecule has 0 saturated carbocycles. The van der Waals surface area contributed by atoms with Crippen LogP contribution in [0.15, 0.2) is 15.9 Å². The standard InChI is InChI=1S/C14H23BrN2S/c1-3-11-6-7-17(12(8-11)9-16)10(2)13-4-5-14(15)18-13/h4-5,10-12H,3,6-9,16H2,1-2H3. The maximum Gasteiger partial charge on any atom is 0.0701 e. The fourth-order valence-corrected chi connectivity index (χ4v) is 4.48. The summed E-state index contributed by atoms with van der Waals surface area (Å²) < 4.78 is 1.22. The highest BCUT2D eigenvalue weighted by Gasteiger charge is 2.30. The topological polar surface area (TPSA) is 29.3 Å². The molecule has 0 amide bonds. The molecule has 3 unspecified atom stereocenters. The number of nitrogens with two attached hydrogens (primary N) is 1. The lowest BCUT2D eigenvalue weighted by molar-refractivity contribution is 0.0787. The third kappa shape index (κ3) is 3.16. The molecule has 1 aliphatic rings. The summed E-state index contributed by atoms with van der Waals surface area (Å²) in [5, 5.41) is 0. The molecule has 0 radical (unpaired) electrons. The Morgan fingerprint density at radius 2 is 2.33 bits per heavy atom. The molecule has 0 aliphatic carbocycles.